The Morgan fingerprint density at radius 3 is 1.11 bits per heavy atom. The Hall–Kier alpha value is -1.88. The minimum absolute atomic E-state index is 0.0827. The monoisotopic (exact) mass is 871 g/mol. The van der Waals surface area contributed by atoms with Crippen molar-refractivity contribution in [2.24, 2.45) is 0 Å². The third-order valence-corrected chi connectivity index (χ3v) is 12.1. The molecule has 0 heterocycles. The van der Waals surface area contributed by atoms with E-state index in [1.165, 1.54) is 199 Å². The molecular weight excluding hydrogens is 765 g/mol. The van der Waals surface area contributed by atoms with Gasteiger partial charge in [-0.1, -0.05) is 237 Å². The molecule has 62 heavy (non-hydrogen) atoms. The van der Waals surface area contributed by atoms with Crippen LogP contribution in [0.4, 0.5) is 0 Å². The fraction of sp³-hybridized carbons (Fsp3) is 0.860. The van der Waals surface area contributed by atoms with Crippen LogP contribution in [-0.4, -0.2) is 37.9 Å². The molecule has 364 valence electrons. The molecular formula is C57H106O5. The summed E-state index contributed by atoms with van der Waals surface area (Å²) in [5.41, 5.74) is 0. The van der Waals surface area contributed by atoms with Gasteiger partial charge in [0.15, 0.2) is 6.10 Å². The number of carbonyl (C=O) groups is 2. The lowest BCUT2D eigenvalue weighted by atomic mass is 10.0. The van der Waals surface area contributed by atoms with Gasteiger partial charge in [-0.3, -0.25) is 9.59 Å². The van der Waals surface area contributed by atoms with Crippen molar-refractivity contribution in [1.82, 2.24) is 0 Å². The van der Waals surface area contributed by atoms with Crippen molar-refractivity contribution in [3.05, 3.63) is 36.5 Å². The van der Waals surface area contributed by atoms with Crippen molar-refractivity contribution in [3.63, 3.8) is 0 Å². The molecule has 5 nitrogen and oxygen atoms in total. The smallest absolute Gasteiger partial charge is 0.306 e. The van der Waals surface area contributed by atoms with Gasteiger partial charge in [0, 0.05) is 19.4 Å². The average molecular weight is 871 g/mol. The number of rotatable bonds is 51. The van der Waals surface area contributed by atoms with Gasteiger partial charge in [0.05, 0.1) is 6.61 Å². The van der Waals surface area contributed by atoms with E-state index in [9.17, 15) is 9.59 Å². The molecule has 0 aliphatic carbocycles. The van der Waals surface area contributed by atoms with E-state index in [1.54, 1.807) is 0 Å². The van der Waals surface area contributed by atoms with Crippen molar-refractivity contribution in [1.29, 1.82) is 0 Å². The summed E-state index contributed by atoms with van der Waals surface area (Å²) < 4.78 is 17.4. The van der Waals surface area contributed by atoms with Crippen LogP contribution in [0.5, 0.6) is 0 Å². The van der Waals surface area contributed by atoms with Gasteiger partial charge >= 0.3 is 11.9 Å². The number of ether oxygens (including phenoxy) is 3. The zero-order valence-corrected chi connectivity index (χ0v) is 41.9. The second-order valence-corrected chi connectivity index (χ2v) is 18.5. The van der Waals surface area contributed by atoms with Gasteiger partial charge in [0.2, 0.25) is 0 Å². The van der Waals surface area contributed by atoms with Crippen LogP contribution >= 0.6 is 0 Å². The molecule has 0 aromatic carbocycles. The predicted octanol–water partition coefficient (Wildman–Crippen LogP) is 18.6. The fourth-order valence-electron chi connectivity index (χ4n) is 8.01. The summed E-state index contributed by atoms with van der Waals surface area (Å²) in [5.74, 6) is -0.400. The first kappa shape index (κ1) is 60.1. The Labute approximate surface area is 387 Å². The predicted molar refractivity (Wildman–Crippen MR) is 270 cm³/mol. The summed E-state index contributed by atoms with van der Waals surface area (Å²) >= 11 is 0. The lowest BCUT2D eigenvalue weighted by molar-refractivity contribution is -0.163. The molecule has 0 spiro atoms. The van der Waals surface area contributed by atoms with Crippen LogP contribution in [-0.2, 0) is 23.8 Å². The van der Waals surface area contributed by atoms with Gasteiger partial charge in [-0.25, -0.2) is 0 Å². The maximum atomic E-state index is 12.8. The molecule has 5 heteroatoms. The summed E-state index contributed by atoms with van der Waals surface area (Å²) in [4.78, 5) is 25.4. The summed E-state index contributed by atoms with van der Waals surface area (Å²) in [6.45, 7) is 7.83. The lowest BCUT2D eigenvalue weighted by Crippen LogP contribution is -2.30. The van der Waals surface area contributed by atoms with Gasteiger partial charge in [0.1, 0.15) is 6.61 Å². The average Bonchev–Trinajstić information content (AvgIpc) is 3.27. The van der Waals surface area contributed by atoms with E-state index < -0.39 is 6.10 Å². The lowest BCUT2D eigenvalue weighted by Gasteiger charge is -2.18. The van der Waals surface area contributed by atoms with Crippen LogP contribution in [0.15, 0.2) is 36.5 Å². The summed E-state index contributed by atoms with van der Waals surface area (Å²) in [6.07, 6.45) is 64.3. The van der Waals surface area contributed by atoms with Gasteiger partial charge in [-0.05, 0) is 77.0 Å². The molecule has 0 radical (unpaired) electrons. The molecule has 0 fully saturated rings. The third-order valence-electron chi connectivity index (χ3n) is 12.1. The fourth-order valence-corrected chi connectivity index (χ4v) is 8.01. The summed E-state index contributed by atoms with van der Waals surface area (Å²) in [5, 5.41) is 0. The molecule has 0 bridgehead atoms. The minimum atomic E-state index is -0.539. The molecule has 0 saturated carbocycles. The molecule has 1 unspecified atom stereocenters. The van der Waals surface area contributed by atoms with Gasteiger partial charge < -0.3 is 14.2 Å². The Kier molecular flexibility index (Phi) is 51.8. The Bertz CT molecular complexity index is 986. The summed E-state index contributed by atoms with van der Waals surface area (Å²) in [7, 11) is 0. The number of esters is 2. The number of hydrogen-bond donors (Lipinski definition) is 0. The highest BCUT2D eigenvalue weighted by molar-refractivity contribution is 5.70. The van der Waals surface area contributed by atoms with E-state index in [0.29, 0.717) is 19.4 Å². The molecule has 1 atom stereocenters. The normalized spacial score (nSPS) is 12.4. The second-order valence-electron chi connectivity index (χ2n) is 18.5. The minimum Gasteiger partial charge on any atom is -0.462 e. The van der Waals surface area contributed by atoms with Gasteiger partial charge in [-0.2, -0.15) is 0 Å². The molecule has 0 aliphatic rings. The van der Waals surface area contributed by atoms with Crippen molar-refractivity contribution >= 4 is 11.9 Å². The van der Waals surface area contributed by atoms with Crippen LogP contribution in [0.2, 0.25) is 0 Å². The maximum absolute atomic E-state index is 12.8. The standard InChI is InChI=1S/C57H106O5/c1-4-7-10-13-16-19-22-25-28-29-31-32-35-38-41-44-47-50-56(58)61-54-55(53-60-52-49-46-43-40-37-34-27-24-21-18-15-12-9-6-3)62-57(59)51-48-45-42-39-36-33-30-26-23-20-17-14-11-8-5-2/h16,19,25-26,28,30,55H,4-15,17-18,20-24,27,29,31-54H2,1-3H3/b19-16-,28-25-,30-26-. The van der Waals surface area contributed by atoms with E-state index in [0.717, 1.165) is 57.8 Å². The van der Waals surface area contributed by atoms with Gasteiger partial charge in [-0.15, -0.1) is 0 Å². The zero-order valence-electron chi connectivity index (χ0n) is 41.9. The number of carbonyl (C=O) groups excluding carboxylic acids is 2. The third kappa shape index (κ3) is 50.8. The SMILES string of the molecule is CCCCC/C=C\C/C=C\CCCCCCCCCC(=O)OCC(COCCCCCCCCCCCCCCCC)OC(=O)CCCCCCC/C=C\CCCCCCCC. The number of hydrogen-bond acceptors (Lipinski definition) is 5. The number of allylic oxidation sites excluding steroid dienone is 6. The maximum Gasteiger partial charge on any atom is 0.306 e. The van der Waals surface area contributed by atoms with E-state index in [4.69, 9.17) is 14.2 Å². The Morgan fingerprint density at radius 1 is 0.355 bits per heavy atom. The van der Waals surface area contributed by atoms with Gasteiger partial charge in [0.25, 0.3) is 0 Å². The first-order valence-corrected chi connectivity index (χ1v) is 27.5. The van der Waals surface area contributed by atoms with E-state index >= 15 is 0 Å². The Balaban J connectivity index is 4.25. The van der Waals surface area contributed by atoms with E-state index in [-0.39, 0.29) is 25.2 Å². The first-order chi connectivity index (χ1) is 30.6. The molecule has 0 aromatic rings. The zero-order chi connectivity index (χ0) is 44.9. The molecule has 0 rings (SSSR count). The number of unbranched alkanes of at least 4 members (excludes halogenated alkanes) is 34. The van der Waals surface area contributed by atoms with E-state index in [2.05, 4.69) is 57.2 Å². The largest absolute Gasteiger partial charge is 0.462 e. The van der Waals surface area contributed by atoms with Crippen molar-refractivity contribution in [2.75, 3.05) is 19.8 Å². The molecule has 0 N–H and O–H groups in total. The Morgan fingerprint density at radius 2 is 0.677 bits per heavy atom. The highest BCUT2D eigenvalue weighted by Gasteiger charge is 2.17. The highest BCUT2D eigenvalue weighted by Crippen LogP contribution is 2.15. The quantitative estimate of drug-likeness (QED) is 0.0346. The van der Waals surface area contributed by atoms with Crippen LogP contribution in [0, 0.1) is 0 Å². The molecule has 0 amide bonds. The van der Waals surface area contributed by atoms with Crippen molar-refractivity contribution in [3.8, 4) is 0 Å². The van der Waals surface area contributed by atoms with Crippen molar-refractivity contribution < 1.29 is 23.8 Å². The highest BCUT2D eigenvalue weighted by atomic mass is 16.6. The van der Waals surface area contributed by atoms with E-state index in [1.807, 2.05) is 0 Å². The van der Waals surface area contributed by atoms with Crippen LogP contribution in [0.1, 0.15) is 290 Å². The summed E-state index contributed by atoms with van der Waals surface area (Å²) in [6, 6.07) is 0. The molecule has 0 aromatic heterocycles. The van der Waals surface area contributed by atoms with Crippen LogP contribution < -0.4 is 0 Å². The van der Waals surface area contributed by atoms with Crippen molar-refractivity contribution in [2.45, 2.75) is 297 Å². The molecule has 0 saturated heterocycles. The first-order valence-electron chi connectivity index (χ1n) is 27.5. The topological polar surface area (TPSA) is 61.8 Å². The second kappa shape index (κ2) is 53.5. The van der Waals surface area contributed by atoms with Crippen LogP contribution in [0.3, 0.4) is 0 Å². The van der Waals surface area contributed by atoms with Crippen LogP contribution in [0.25, 0.3) is 0 Å². The molecule has 0 aliphatic heterocycles.